The summed E-state index contributed by atoms with van der Waals surface area (Å²) in [6.45, 7) is 2.83. The quantitative estimate of drug-likeness (QED) is 0.257. The number of ether oxygens (including phenoxy) is 2. The summed E-state index contributed by atoms with van der Waals surface area (Å²) in [4.78, 5) is 0. The molecule has 0 saturated heterocycles. The van der Waals surface area contributed by atoms with Crippen LogP contribution in [0, 0.1) is 6.92 Å². The topological polar surface area (TPSA) is 61.5 Å². The van der Waals surface area contributed by atoms with Gasteiger partial charge in [0.05, 0.1) is 6.21 Å². The Balaban J connectivity index is 1.50. The lowest BCUT2D eigenvalue weighted by molar-refractivity contribution is 0.290. The fraction of sp³-hybridized carbons (Fsp3) is 0.160. The third-order valence-electron chi connectivity index (χ3n) is 4.72. The summed E-state index contributed by atoms with van der Waals surface area (Å²) in [6.07, 6.45) is 3.70. The van der Waals surface area contributed by atoms with Crippen LogP contribution in [0.1, 0.15) is 22.5 Å². The lowest BCUT2D eigenvalue weighted by Crippen LogP contribution is -2.05. The number of nitrogens with zero attached hydrogens (tertiary/aromatic N) is 4. The fourth-order valence-corrected chi connectivity index (χ4v) is 3.43. The summed E-state index contributed by atoms with van der Waals surface area (Å²) in [7, 11) is 0. The Morgan fingerprint density at radius 1 is 0.875 bits per heavy atom. The number of para-hydroxylation sites is 2. The SMILES string of the molecule is CSc1nnc(COc2ccccc2)n1/N=C\c1ccccc1OCc1ccc(C)cc1. The molecule has 6 nitrogen and oxygen atoms in total. The molecule has 0 spiro atoms. The lowest BCUT2D eigenvalue weighted by atomic mass is 10.1. The van der Waals surface area contributed by atoms with Crippen LogP contribution in [-0.2, 0) is 13.2 Å². The maximum Gasteiger partial charge on any atom is 0.211 e. The van der Waals surface area contributed by atoms with Crippen LogP contribution in [0.25, 0.3) is 0 Å². The first-order chi connectivity index (χ1) is 15.7. The van der Waals surface area contributed by atoms with Crippen molar-refractivity contribution in [3.63, 3.8) is 0 Å². The van der Waals surface area contributed by atoms with Crippen LogP contribution < -0.4 is 9.47 Å². The summed E-state index contributed by atoms with van der Waals surface area (Å²) >= 11 is 1.47. The van der Waals surface area contributed by atoms with E-state index in [-0.39, 0.29) is 6.61 Å². The van der Waals surface area contributed by atoms with Crippen molar-refractivity contribution in [2.75, 3.05) is 6.26 Å². The largest absolute Gasteiger partial charge is 0.488 e. The van der Waals surface area contributed by atoms with Gasteiger partial charge in [-0.1, -0.05) is 71.9 Å². The molecule has 4 aromatic rings. The summed E-state index contributed by atoms with van der Waals surface area (Å²) in [5.41, 5.74) is 3.22. The second-order valence-corrected chi connectivity index (χ2v) is 7.85. The first-order valence-corrected chi connectivity index (χ1v) is 11.4. The van der Waals surface area contributed by atoms with Crippen LogP contribution in [0.3, 0.4) is 0 Å². The zero-order valence-corrected chi connectivity index (χ0v) is 18.8. The molecule has 0 aliphatic carbocycles. The lowest BCUT2D eigenvalue weighted by Gasteiger charge is -2.10. The Morgan fingerprint density at radius 3 is 2.41 bits per heavy atom. The highest BCUT2D eigenvalue weighted by Gasteiger charge is 2.12. The molecule has 0 unspecified atom stereocenters. The predicted molar refractivity (Wildman–Crippen MR) is 128 cm³/mol. The number of hydrogen-bond donors (Lipinski definition) is 0. The summed E-state index contributed by atoms with van der Waals surface area (Å²) < 4.78 is 13.6. The van der Waals surface area contributed by atoms with Crippen molar-refractivity contribution < 1.29 is 9.47 Å². The Morgan fingerprint density at radius 2 is 1.62 bits per heavy atom. The summed E-state index contributed by atoms with van der Waals surface area (Å²) in [5.74, 6) is 2.15. The molecule has 32 heavy (non-hydrogen) atoms. The number of aromatic nitrogens is 3. The number of hydrogen-bond acceptors (Lipinski definition) is 6. The molecule has 4 rings (SSSR count). The molecule has 3 aromatic carbocycles. The van der Waals surface area contributed by atoms with E-state index >= 15 is 0 Å². The minimum Gasteiger partial charge on any atom is -0.488 e. The fourth-order valence-electron chi connectivity index (χ4n) is 2.98. The van der Waals surface area contributed by atoms with E-state index in [1.807, 2.05) is 60.9 Å². The van der Waals surface area contributed by atoms with Crippen molar-refractivity contribution in [3.8, 4) is 11.5 Å². The number of benzene rings is 3. The first-order valence-electron chi connectivity index (χ1n) is 10.2. The molecular weight excluding hydrogens is 420 g/mol. The van der Waals surface area contributed by atoms with E-state index in [1.165, 1.54) is 17.3 Å². The minimum absolute atomic E-state index is 0.264. The second kappa shape index (κ2) is 10.6. The molecule has 0 fully saturated rings. The average molecular weight is 445 g/mol. The van der Waals surface area contributed by atoms with Gasteiger partial charge in [-0.2, -0.15) is 9.78 Å². The van der Waals surface area contributed by atoms with Gasteiger partial charge < -0.3 is 9.47 Å². The van der Waals surface area contributed by atoms with Gasteiger partial charge in [-0.25, -0.2) is 0 Å². The molecule has 0 bridgehead atoms. The van der Waals surface area contributed by atoms with E-state index in [1.54, 1.807) is 10.9 Å². The zero-order valence-electron chi connectivity index (χ0n) is 18.0. The van der Waals surface area contributed by atoms with Gasteiger partial charge in [0.15, 0.2) is 5.82 Å². The highest BCUT2D eigenvalue weighted by Crippen LogP contribution is 2.20. The summed E-state index contributed by atoms with van der Waals surface area (Å²) in [5, 5.41) is 13.8. The minimum atomic E-state index is 0.264. The molecule has 162 valence electrons. The van der Waals surface area contributed by atoms with Crippen molar-refractivity contribution >= 4 is 18.0 Å². The number of aryl methyl sites for hydroxylation is 1. The summed E-state index contributed by atoms with van der Waals surface area (Å²) in [6, 6.07) is 25.8. The molecule has 7 heteroatoms. The van der Waals surface area contributed by atoms with Crippen LogP contribution in [0.5, 0.6) is 11.5 Å². The molecular formula is C25H24N4O2S. The third kappa shape index (κ3) is 5.56. The van der Waals surface area contributed by atoms with Gasteiger partial charge in [0.1, 0.15) is 24.7 Å². The van der Waals surface area contributed by atoms with Gasteiger partial charge in [-0.3, -0.25) is 0 Å². The number of thioether (sulfide) groups is 1. The average Bonchev–Trinajstić information content (AvgIpc) is 3.24. The van der Waals surface area contributed by atoms with Gasteiger partial charge in [0.2, 0.25) is 5.16 Å². The Kier molecular flexibility index (Phi) is 7.19. The smallest absolute Gasteiger partial charge is 0.211 e. The Hall–Kier alpha value is -3.58. The molecule has 0 aliphatic rings. The van der Waals surface area contributed by atoms with E-state index in [9.17, 15) is 0 Å². The predicted octanol–water partition coefficient (Wildman–Crippen LogP) is 5.35. The Bertz CT molecular complexity index is 1170. The molecule has 0 saturated carbocycles. The standard InChI is InChI=1S/C25H24N4O2S/c1-19-12-14-20(15-13-19)17-31-23-11-7-6-8-21(23)16-26-29-24(27-28-25(29)32-2)18-30-22-9-4-3-5-10-22/h3-16H,17-18H2,1-2H3/b26-16-. The monoisotopic (exact) mass is 444 g/mol. The molecule has 0 radical (unpaired) electrons. The van der Waals surface area contributed by atoms with E-state index in [0.717, 1.165) is 22.6 Å². The van der Waals surface area contributed by atoms with Crippen LogP contribution in [0.4, 0.5) is 0 Å². The van der Waals surface area contributed by atoms with E-state index in [4.69, 9.17) is 9.47 Å². The normalized spacial score (nSPS) is 11.1. The van der Waals surface area contributed by atoms with Gasteiger partial charge in [0.25, 0.3) is 0 Å². The molecule has 1 aromatic heterocycles. The molecule has 1 heterocycles. The highest BCUT2D eigenvalue weighted by molar-refractivity contribution is 7.98. The first kappa shape index (κ1) is 21.6. The highest BCUT2D eigenvalue weighted by atomic mass is 32.2. The van der Waals surface area contributed by atoms with Gasteiger partial charge in [0, 0.05) is 5.56 Å². The van der Waals surface area contributed by atoms with Crippen molar-refractivity contribution in [2.45, 2.75) is 25.3 Å². The van der Waals surface area contributed by atoms with E-state index < -0.39 is 0 Å². The molecule has 0 amide bonds. The zero-order chi connectivity index (χ0) is 22.2. The van der Waals surface area contributed by atoms with Crippen LogP contribution in [0.2, 0.25) is 0 Å². The van der Waals surface area contributed by atoms with Crippen molar-refractivity contribution in [1.82, 2.24) is 14.9 Å². The molecule has 0 aliphatic heterocycles. The second-order valence-electron chi connectivity index (χ2n) is 7.07. The van der Waals surface area contributed by atoms with Crippen molar-refractivity contribution in [2.24, 2.45) is 5.10 Å². The molecule has 0 atom stereocenters. The third-order valence-corrected chi connectivity index (χ3v) is 5.34. The Labute approximate surface area is 191 Å². The van der Waals surface area contributed by atoms with Crippen molar-refractivity contribution in [3.05, 3.63) is 101 Å². The van der Waals surface area contributed by atoms with Crippen LogP contribution in [0.15, 0.2) is 89.1 Å². The number of rotatable bonds is 9. The van der Waals surface area contributed by atoms with E-state index in [2.05, 4.69) is 46.5 Å². The van der Waals surface area contributed by atoms with Crippen LogP contribution in [-0.4, -0.2) is 27.3 Å². The van der Waals surface area contributed by atoms with Gasteiger partial charge >= 0.3 is 0 Å². The van der Waals surface area contributed by atoms with Gasteiger partial charge in [-0.15, -0.1) is 10.2 Å². The van der Waals surface area contributed by atoms with Gasteiger partial charge in [-0.05, 0) is 43.0 Å². The molecule has 0 N–H and O–H groups in total. The van der Waals surface area contributed by atoms with Crippen molar-refractivity contribution in [1.29, 1.82) is 0 Å². The van der Waals surface area contributed by atoms with E-state index in [0.29, 0.717) is 17.6 Å². The maximum absolute atomic E-state index is 6.06. The van der Waals surface area contributed by atoms with Crippen LogP contribution >= 0.6 is 11.8 Å². The maximum atomic E-state index is 6.06.